The highest BCUT2D eigenvalue weighted by molar-refractivity contribution is 5.69. The molecular weight excluding hydrogens is 234 g/mol. The van der Waals surface area contributed by atoms with Gasteiger partial charge in [0.2, 0.25) is 0 Å². The lowest BCUT2D eigenvalue weighted by molar-refractivity contribution is 0.347. The Bertz CT molecular complexity index is 634. The fraction of sp³-hybridized carbons (Fsp3) is 0.375. The molecule has 0 radical (unpaired) electrons. The summed E-state index contributed by atoms with van der Waals surface area (Å²) in [6.45, 7) is 10.6. The lowest BCUT2D eigenvalue weighted by Gasteiger charge is -2.21. The van der Waals surface area contributed by atoms with Crippen LogP contribution >= 0.6 is 0 Å². The highest BCUT2D eigenvalue weighted by atomic mass is 15.3. The van der Waals surface area contributed by atoms with Crippen LogP contribution in [0, 0.1) is 25.2 Å². The average molecular weight is 253 g/mol. The van der Waals surface area contributed by atoms with Crippen LogP contribution in [0.1, 0.15) is 37.7 Å². The largest absolute Gasteiger partial charge is 0.264 e. The minimum atomic E-state index is -0.0281. The number of hydrogen-bond donors (Lipinski definition) is 0. The molecule has 0 atom stereocenters. The zero-order valence-electron chi connectivity index (χ0n) is 12.2. The first-order valence-corrected chi connectivity index (χ1v) is 6.42. The van der Waals surface area contributed by atoms with E-state index in [0.29, 0.717) is 5.56 Å². The quantitative estimate of drug-likeness (QED) is 0.775. The molecule has 1 aromatic carbocycles. The lowest BCUT2D eigenvalue weighted by Crippen LogP contribution is -2.24. The van der Waals surface area contributed by atoms with Gasteiger partial charge in [0.1, 0.15) is 0 Å². The fourth-order valence-corrected chi connectivity index (χ4v) is 2.43. The number of nitriles is 1. The third-order valence-corrected chi connectivity index (χ3v) is 3.23. The maximum Gasteiger partial charge on any atom is 0.0991 e. The SMILES string of the molecule is Cc1nn(C(C)(C)C)c(C)c1-c1ccc(C#N)cc1. The normalized spacial score (nSPS) is 11.4. The van der Waals surface area contributed by atoms with Crippen molar-refractivity contribution in [1.82, 2.24) is 9.78 Å². The first-order valence-electron chi connectivity index (χ1n) is 6.42. The number of aromatic nitrogens is 2. The van der Waals surface area contributed by atoms with E-state index in [4.69, 9.17) is 5.26 Å². The summed E-state index contributed by atoms with van der Waals surface area (Å²) in [5, 5.41) is 13.5. The van der Waals surface area contributed by atoms with Crippen molar-refractivity contribution in [3.05, 3.63) is 41.2 Å². The summed E-state index contributed by atoms with van der Waals surface area (Å²) in [5.74, 6) is 0. The minimum absolute atomic E-state index is 0.0281. The third-order valence-electron chi connectivity index (χ3n) is 3.23. The maximum absolute atomic E-state index is 8.85. The summed E-state index contributed by atoms with van der Waals surface area (Å²) in [6.07, 6.45) is 0. The van der Waals surface area contributed by atoms with Crippen LogP contribution in [0.3, 0.4) is 0 Å². The van der Waals surface area contributed by atoms with E-state index in [2.05, 4.69) is 43.5 Å². The number of nitrogens with zero attached hydrogens (tertiary/aromatic N) is 3. The van der Waals surface area contributed by atoms with Gasteiger partial charge in [0.15, 0.2) is 0 Å². The Kier molecular flexibility index (Phi) is 3.20. The van der Waals surface area contributed by atoms with E-state index in [1.54, 1.807) is 0 Å². The van der Waals surface area contributed by atoms with Gasteiger partial charge in [-0.15, -0.1) is 0 Å². The van der Waals surface area contributed by atoms with Crippen LogP contribution in [0.4, 0.5) is 0 Å². The number of rotatable bonds is 1. The predicted molar refractivity (Wildman–Crippen MR) is 76.8 cm³/mol. The average Bonchev–Trinajstić information content (AvgIpc) is 2.65. The van der Waals surface area contributed by atoms with Crippen LogP contribution in [0.5, 0.6) is 0 Å². The van der Waals surface area contributed by atoms with Gasteiger partial charge < -0.3 is 0 Å². The highest BCUT2D eigenvalue weighted by Crippen LogP contribution is 2.30. The van der Waals surface area contributed by atoms with Gasteiger partial charge >= 0.3 is 0 Å². The second kappa shape index (κ2) is 4.55. The minimum Gasteiger partial charge on any atom is -0.264 e. The summed E-state index contributed by atoms with van der Waals surface area (Å²) in [4.78, 5) is 0. The van der Waals surface area contributed by atoms with E-state index in [-0.39, 0.29) is 5.54 Å². The number of aryl methyl sites for hydroxylation is 1. The molecule has 2 aromatic rings. The summed E-state index contributed by atoms with van der Waals surface area (Å²) in [5.41, 5.74) is 5.12. The van der Waals surface area contributed by atoms with Crippen LogP contribution in [0.25, 0.3) is 11.1 Å². The third kappa shape index (κ3) is 2.39. The first-order chi connectivity index (χ1) is 8.84. The summed E-state index contributed by atoms with van der Waals surface area (Å²) >= 11 is 0. The molecule has 1 heterocycles. The molecule has 0 amide bonds. The standard InChI is InChI=1S/C16H19N3/c1-11-15(12(2)19(18-11)16(3,4)5)14-8-6-13(10-17)7-9-14/h6-9H,1-5H3. The molecule has 3 heteroatoms. The molecule has 0 fully saturated rings. The Hall–Kier alpha value is -2.08. The number of hydrogen-bond acceptors (Lipinski definition) is 2. The molecule has 0 bridgehead atoms. The second-order valence-electron chi connectivity index (χ2n) is 5.82. The highest BCUT2D eigenvalue weighted by Gasteiger charge is 2.21. The monoisotopic (exact) mass is 253 g/mol. The van der Waals surface area contributed by atoms with Gasteiger partial charge in [-0.1, -0.05) is 12.1 Å². The summed E-state index contributed by atoms with van der Waals surface area (Å²) in [6, 6.07) is 9.82. The van der Waals surface area contributed by atoms with E-state index in [1.807, 2.05) is 31.2 Å². The van der Waals surface area contributed by atoms with Crippen molar-refractivity contribution in [2.24, 2.45) is 0 Å². The zero-order chi connectivity index (χ0) is 14.2. The van der Waals surface area contributed by atoms with Gasteiger partial charge in [-0.25, -0.2) is 0 Å². The topological polar surface area (TPSA) is 41.6 Å². The lowest BCUT2D eigenvalue weighted by atomic mass is 10.0. The maximum atomic E-state index is 8.85. The summed E-state index contributed by atoms with van der Waals surface area (Å²) in [7, 11) is 0. The Morgan fingerprint density at radius 3 is 2.11 bits per heavy atom. The molecule has 0 unspecified atom stereocenters. The molecule has 19 heavy (non-hydrogen) atoms. The van der Waals surface area contributed by atoms with Gasteiger partial charge in [0, 0.05) is 11.3 Å². The summed E-state index contributed by atoms with van der Waals surface area (Å²) < 4.78 is 2.07. The molecule has 0 saturated heterocycles. The van der Waals surface area contributed by atoms with E-state index in [1.165, 1.54) is 5.56 Å². The molecule has 0 aliphatic heterocycles. The van der Waals surface area contributed by atoms with Gasteiger partial charge in [-0.3, -0.25) is 4.68 Å². The Balaban J connectivity index is 2.57. The van der Waals surface area contributed by atoms with E-state index >= 15 is 0 Å². The Labute approximate surface area is 114 Å². The van der Waals surface area contributed by atoms with Crippen LogP contribution in [-0.2, 0) is 5.54 Å². The van der Waals surface area contributed by atoms with E-state index in [9.17, 15) is 0 Å². The van der Waals surface area contributed by atoms with Crippen molar-refractivity contribution in [2.75, 3.05) is 0 Å². The van der Waals surface area contributed by atoms with Crippen molar-refractivity contribution in [1.29, 1.82) is 5.26 Å². The van der Waals surface area contributed by atoms with Gasteiger partial charge in [0.05, 0.1) is 22.9 Å². The molecule has 98 valence electrons. The fourth-order valence-electron chi connectivity index (χ4n) is 2.43. The molecule has 0 aliphatic rings. The van der Waals surface area contributed by atoms with E-state index in [0.717, 1.165) is 17.0 Å². The van der Waals surface area contributed by atoms with Gasteiger partial charge in [0.25, 0.3) is 0 Å². The predicted octanol–water partition coefficient (Wildman–Crippen LogP) is 3.79. The van der Waals surface area contributed by atoms with Crippen molar-refractivity contribution in [2.45, 2.75) is 40.2 Å². The molecule has 0 saturated carbocycles. The second-order valence-corrected chi connectivity index (χ2v) is 5.82. The number of benzene rings is 1. The smallest absolute Gasteiger partial charge is 0.0991 e. The van der Waals surface area contributed by atoms with Gasteiger partial charge in [-0.05, 0) is 52.3 Å². The molecule has 0 spiro atoms. The molecule has 2 rings (SSSR count). The molecule has 0 N–H and O–H groups in total. The van der Waals surface area contributed by atoms with E-state index < -0.39 is 0 Å². The molecule has 0 aliphatic carbocycles. The van der Waals surface area contributed by atoms with Crippen molar-refractivity contribution < 1.29 is 0 Å². The van der Waals surface area contributed by atoms with Crippen LogP contribution < -0.4 is 0 Å². The van der Waals surface area contributed by atoms with Gasteiger partial charge in [-0.2, -0.15) is 10.4 Å². The van der Waals surface area contributed by atoms with Crippen LogP contribution in [0.2, 0.25) is 0 Å². The molecule has 1 aromatic heterocycles. The van der Waals surface area contributed by atoms with Crippen molar-refractivity contribution >= 4 is 0 Å². The first kappa shape index (κ1) is 13.4. The Morgan fingerprint density at radius 1 is 1.11 bits per heavy atom. The van der Waals surface area contributed by atoms with Crippen LogP contribution in [-0.4, -0.2) is 9.78 Å². The van der Waals surface area contributed by atoms with Crippen LogP contribution in [0.15, 0.2) is 24.3 Å². The molecular formula is C16H19N3. The zero-order valence-corrected chi connectivity index (χ0v) is 12.2. The Morgan fingerprint density at radius 2 is 1.68 bits per heavy atom. The van der Waals surface area contributed by atoms with Crippen molar-refractivity contribution in [3.8, 4) is 17.2 Å². The van der Waals surface area contributed by atoms with Crippen molar-refractivity contribution in [3.63, 3.8) is 0 Å². The molecule has 3 nitrogen and oxygen atoms in total.